The Kier molecular flexibility index (Phi) is 4.94. The SMILES string of the molecule is CC/C(=N/Nc1cn[nH]c(=O)c1Cl)c1ccc(OC)cc1. The van der Waals surface area contributed by atoms with Crippen molar-refractivity contribution >= 4 is 23.0 Å². The van der Waals surface area contributed by atoms with Crippen molar-refractivity contribution in [1.29, 1.82) is 0 Å². The van der Waals surface area contributed by atoms with Crippen LogP contribution in [0, 0.1) is 0 Å². The molecule has 2 N–H and O–H groups in total. The predicted molar refractivity (Wildman–Crippen MR) is 83.3 cm³/mol. The number of halogens is 1. The average Bonchev–Trinajstić information content (AvgIpc) is 2.52. The molecule has 21 heavy (non-hydrogen) atoms. The molecule has 0 radical (unpaired) electrons. The van der Waals surface area contributed by atoms with Crippen LogP contribution in [-0.2, 0) is 0 Å². The predicted octanol–water partition coefficient (Wildman–Crippen LogP) is 2.66. The van der Waals surface area contributed by atoms with Gasteiger partial charge in [-0.15, -0.1) is 0 Å². The van der Waals surface area contributed by atoms with Gasteiger partial charge in [0.25, 0.3) is 5.56 Å². The molecule has 0 spiro atoms. The minimum Gasteiger partial charge on any atom is -0.497 e. The van der Waals surface area contributed by atoms with Crippen molar-refractivity contribution < 1.29 is 4.74 Å². The van der Waals surface area contributed by atoms with Crippen LogP contribution >= 0.6 is 11.6 Å². The fraction of sp³-hybridized carbons (Fsp3) is 0.214. The lowest BCUT2D eigenvalue weighted by Gasteiger charge is -2.07. The first-order valence-electron chi connectivity index (χ1n) is 6.36. The zero-order valence-electron chi connectivity index (χ0n) is 11.7. The van der Waals surface area contributed by atoms with E-state index in [1.165, 1.54) is 6.20 Å². The number of H-pyrrole nitrogens is 1. The summed E-state index contributed by atoms with van der Waals surface area (Å²) in [4.78, 5) is 11.3. The van der Waals surface area contributed by atoms with Crippen LogP contribution in [0.15, 0.2) is 40.4 Å². The van der Waals surface area contributed by atoms with Gasteiger partial charge < -0.3 is 4.74 Å². The summed E-state index contributed by atoms with van der Waals surface area (Å²) in [5, 5.41) is 10.2. The van der Waals surface area contributed by atoms with E-state index >= 15 is 0 Å². The van der Waals surface area contributed by atoms with E-state index in [0.29, 0.717) is 12.1 Å². The number of aromatic nitrogens is 2. The third-order valence-corrected chi connectivity index (χ3v) is 3.24. The maximum absolute atomic E-state index is 11.3. The number of ether oxygens (including phenoxy) is 1. The van der Waals surface area contributed by atoms with Gasteiger partial charge in [-0.2, -0.15) is 10.2 Å². The van der Waals surface area contributed by atoms with E-state index in [1.807, 2.05) is 31.2 Å². The number of methoxy groups -OCH3 is 1. The van der Waals surface area contributed by atoms with Gasteiger partial charge in [0.15, 0.2) is 0 Å². The Morgan fingerprint density at radius 2 is 2.14 bits per heavy atom. The third-order valence-electron chi connectivity index (χ3n) is 2.87. The highest BCUT2D eigenvalue weighted by Gasteiger charge is 2.06. The van der Waals surface area contributed by atoms with Gasteiger partial charge in [-0.3, -0.25) is 10.2 Å². The molecule has 0 bridgehead atoms. The molecule has 0 atom stereocenters. The second kappa shape index (κ2) is 6.90. The van der Waals surface area contributed by atoms with Crippen molar-refractivity contribution in [3.63, 3.8) is 0 Å². The molecule has 0 saturated carbocycles. The Morgan fingerprint density at radius 1 is 1.43 bits per heavy atom. The topological polar surface area (TPSA) is 79.4 Å². The van der Waals surface area contributed by atoms with E-state index in [-0.39, 0.29) is 5.02 Å². The van der Waals surface area contributed by atoms with Crippen molar-refractivity contribution in [3.8, 4) is 5.75 Å². The lowest BCUT2D eigenvalue weighted by molar-refractivity contribution is 0.415. The summed E-state index contributed by atoms with van der Waals surface area (Å²) in [6, 6.07) is 7.56. The minimum atomic E-state index is -0.459. The Labute approximate surface area is 126 Å². The fourth-order valence-electron chi connectivity index (χ4n) is 1.72. The monoisotopic (exact) mass is 306 g/mol. The molecule has 1 aromatic carbocycles. The molecule has 110 valence electrons. The molecule has 0 aliphatic carbocycles. The van der Waals surface area contributed by atoms with Gasteiger partial charge in [-0.25, -0.2) is 5.10 Å². The van der Waals surface area contributed by atoms with Gasteiger partial charge in [0, 0.05) is 0 Å². The summed E-state index contributed by atoms with van der Waals surface area (Å²) in [6.45, 7) is 1.99. The molecule has 2 rings (SSSR count). The number of anilines is 1. The molecule has 0 saturated heterocycles. The number of aromatic amines is 1. The molecular weight excluding hydrogens is 292 g/mol. The molecule has 0 fully saturated rings. The van der Waals surface area contributed by atoms with Crippen LogP contribution in [-0.4, -0.2) is 23.0 Å². The molecule has 0 aliphatic rings. The number of hydrogen-bond acceptors (Lipinski definition) is 5. The normalized spacial score (nSPS) is 11.3. The van der Waals surface area contributed by atoms with E-state index in [4.69, 9.17) is 16.3 Å². The first kappa shape index (κ1) is 15.1. The molecule has 0 amide bonds. The third kappa shape index (κ3) is 3.61. The molecule has 6 nitrogen and oxygen atoms in total. The summed E-state index contributed by atoms with van der Waals surface area (Å²) < 4.78 is 5.12. The van der Waals surface area contributed by atoms with E-state index in [0.717, 1.165) is 17.0 Å². The van der Waals surface area contributed by atoms with E-state index in [9.17, 15) is 4.79 Å². The second-order valence-electron chi connectivity index (χ2n) is 4.18. The highest BCUT2D eigenvalue weighted by molar-refractivity contribution is 6.32. The van der Waals surface area contributed by atoms with Gasteiger partial charge in [0.2, 0.25) is 0 Å². The number of rotatable bonds is 5. The van der Waals surface area contributed by atoms with Crippen molar-refractivity contribution in [2.45, 2.75) is 13.3 Å². The summed E-state index contributed by atoms with van der Waals surface area (Å²) in [5.74, 6) is 0.781. The minimum absolute atomic E-state index is 0.0268. The first-order chi connectivity index (χ1) is 10.2. The summed E-state index contributed by atoms with van der Waals surface area (Å²) in [7, 11) is 1.62. The summed E-state index contributed by atoms with van der Waals surface area (Å²) in [6.07, 6.45) is 2.13. The molecule has 2 aromatic rings. The molecule has 0 aliphatic heterocycles. The van der Waals surface area contributed by atoms with E-state index < -0.39 is 5.56 Å². The quantitative estimate of drug-likeness (QED) is 0.657. The number of hydrogen-bond donors (Lipinski definition) is 2. The van der Waals surface area contributed by atoms with E-state index in [2.05, 4.69) is 20.7 Å². The average molecular weight is 307 g/mol. The van der Waals surface area contributed by atoms with Crippen LogP contribution < -0.4 is 15.7 Å². The van der Waals surface area contributed by atoms with Crippen LogP contribution in [0.25, 0.3) is 0 Å². The van der Waals surface area contributed by atoms with Crippen LogP contribution in [0.5, 0.6) is 5.75 Å². The maximum Gasteiger partial charge on any atom is 0.285 e. The lowest BCUT2D eigenvalue weighted by atomic mass is 10.1. The van der Waals surface area contributed by atoms with E-state index in [1.54, 1.807) is 7.11 Å². The smallest absolute Gasteiger partial charge is 0.285 e. The largest absolute Gasteiger partial charge is 0.497 e. The highest BCUT2D eigenvalue weighted by Crippen LogP contribution is 2.16. The standard InChI is InChI=1S/C14H15ClN4O2/c1-3-11(9-4-6-10(21-2)7-5-9)17-18-12-8-16-19-14(20)13(12)15/h4-8H,3H2,1-2H3,(H2,18,19,20)/b17-11-. The zero-order valence-corrected chi connectivity index (χ0v) is 12.4. The highest BCUT2D eigenvalue weighted by atomic mass is 35.5. The van der Waals surface area contributed by atoms with Gasteiger partial charge in [-0.05, 0) is 36.2 Å². The Morgan fingerprint density at radius 3 is 2.76 bits per heavy atom. The number of benzene rings is 1. The fourth-order valence-corrected chi connectivity index (χ4v) is 1.85. The number of hydrazone groups is 1. The van der Waals surface area contributed by atoms with Crippen LogP contribution in [0.4, 0.5) is 5.69 Å². The Bertz CT molecular complexity index is 695. The van der Waals surface area contributed by atoms with Crippen molar-refractivity contribution in [2.75, 3.05) is 12.5 Å². The van der Waals surface area contributed by atoms with Crippen LogP contribution in [0.3, 0.4) is 0 Å². The number of nitrogens with one attached hydrogen (secondary N) is 2. The first-order valence-corrected chi connectivity index (χ1v) is 6.73. The van der Waals surface area contributed by atoms with Crippen LogP contribution in [0.2, 0.25) is 5.02 Å². The van der Waals surface area contributed by atoms with Gasteiger partial charge in [-0.1, -0.05) is 18.5 Å². The number of nitrogens with zero attached hydrogens (tertiary/aromatic N) is 2. The zero-order chi connectivity index (χ0) is 15.2. The molecule has 0 unspecified atom stereocenters. The Balaban J connectivity index is 2.24. The van der Waals surface area contributed by atoms with Gasteiger partial charge in [0.1, 0.15) is 16.5 Å². The maximum atomic E-state index is 11.3. The molecule has 7 heteroatoms. The van der Waals surface area contributed by atoms with Gasteiger partial charge in [0.05, 0.1) is 19.0 Å². The molecular formula is C14H15ClN4O2. The second-order valence-corrected chi connectivity index (χ2v) is 4.56. The van der Waals surface area contributed by atoms with Gasteiger partial charge >= 0.3 is 0 Å². The van der Waals surface area contributed by atoms with Crippen molar-refractivity contribution in [3.05, 3.63) is 51.4 Å². The van der Waals surface area contributed by atoms with Crippen molar-refractivity contribution in [1.82, 2.24) is 10.2 Å². The molecule has 1 heterocycles. The molecule has 1 aromatic heterocycles. The lowest BCUT2D eigenvalue weighted by Crippen LogP contribution is -2.11. The van der Waals surface area contributed by atoms with Crippen LogP contribution in [0.1, 0.15) is 18.9 Å². The summed E-state index contributed by atoms with van der Waals surface area (Å²) >= 11 is 5.87. The van der Waals surface area contributed by atoms with Crippen molar-refractivity contribution in [2.24, 2.45) is 5.10 Å². The Hall–Kier alpha value is -2.34. The summed E-state index contributed by atoms with van der Waals surface area (Å²) in [5.41, 5.74) is 4.46.